The third-order valence-corrected chi connectivity index (χ3v) is 3.60. The van der Waals surface area contributed by atoms with Gasteiger partial charge in [0, 0.05) is 13.0 Å². The van der Waals surface area contributed by atoms with Crippen LogP contribution in [-0.2, 0) is 4.79 Å². The van der Waals surface area contributed by atoms with E-state index in [-0.39, 0.29) is 11.3 Å². The average molecular weight is 310 g/mol. The summed E-state index contributed by atoms with van der Waals surface area (Å²) in [4.78, 5) is 17.1. The van der Waals surface area contributed by atoms with Crippen LogP contribution in [0.5, 0.6) is 0 Å². The smallest absolute Gasteiger partial charge is 0.228 e. The van der Waals surface area contributed by atoms with E-state index in [0.717, 1.165) is 5.69 Å². The minimum atomic E-state index is -0.119. The Labute approximate surface area is 106 Å². The average Bonchev–Trinajstić information content (AvgIpc) is 2.50. The van der Waals surface area contributed by atoms with Crippen molar-refractivity contribution < 1.29 is 4.79 Å². The normalized spacial score (nSPS) is 21.1. The number of amides is 1. The molecule has 1 fully saturated rings. The summed E-state index contributed by atoms with van der Waals surface area (Å²) in [6.07, 6.45) is 1.95. The lowest BCUT2D eigenvalue weighted by Gasteiger charge is -2.15. The second-order valence-corrected chi connectivity index (χ2v) is 5.10. The molecule has 1 aromatic rings. The number of carbonyl (C=O) groups excluding carboxylic acids is 1. The van der Waals surface area contributed by atoms with Crippen molar-refractivity contribution >= 4 is 50.7 Å². The second-order valence-electron chi connectivity index (χ2n) is 3.27. The van der Waals surface area contributed by atoms with Gasteiger partial charge in [-0.2, -0.15) is 0 Å². The molecular formula is C9H7BrCl2N2O. The molecule has 0 saturated carbocycles. The van der Waals surface area contributed by atoms with E-state index in [1.54, 1.807) is 17.2 Å². The molecule has 0 radical (unpaired) electrons. The van der Waals surface area contributed by atoms with Crippen LogP contribution < -0.4 is 4.90 Å². The Hall–Kier alpha value is -0.320. The molecule has 3 nitrogen and oxygen atoms in total. The summed E-state index contributed by atoms with van der Waals surface area (Å²) >= 11 is 14.9. The van der Waals surface area contributed by atoms with Gasteiger partial charge in [-0.25, -0.2) is 4.98 Å². The molecule has 0 spiro atoms. The predicted octanol–water partition coefficient (Wildman–Crippen LogP) is 2.84. The maximum absolute atomic E-state index is 11.5. The Morgan fingerprint density at radius 2 is 2.33 bits per heavy atom. The molecule has 2 rings (SSSR count). The Balaban J connectivity index is 2.30. The van der Waals surface area contributed by atoms with Crippen molar-refractivity contribution in [1.29, 1.82) is 0 Å². The molecule has 6 heteroatoms. The molecule has 0 aromatic carbocycles. The van der Waals surface area contributed by atoms with Crippen LogP contribution in [0, 0.1) is 0 Å². The van der Waals surface area contributed by atoms with Gasteiger partial charge in [-0.05, 0) is 22.0 Å². The molecule has 0 N–H and O–H groups in total. The number of alkyl halides is 1. The first-order valence-electron chi connectivity index (χ1n) is 4.33. The van der Waals surface area contributed by atoms with Crippen molar-refractivity contribution in [3.63, 3.8) is 0 Å². The zero-order valence-corrected chi connectivity index (χ0v) is 10.7. The molecule has 0 aliphatic carbocycles. The fourth-order valence-electron chi connectivity index (χ4n) is 1.47. The summed E-state index contributed by atoms with van der Waals surface area (Å²) in [5, 5.41) is 0.264. The lowest BCUT2D eigenvalue weighted by molar-refractivity contribution is -0.117. The molecule has 1 aliphatic rings. The molecule has 1 unspecified atom stereocenters. The first-order chi connectivity index (χ1) is 7.08. The van der Waals surface area contributed by atoms with E-state index in [9.17, 15) is 4.79 Å². The topological polar surface area (TPSA) is 33.2 Å². The van der Waals surface area contributed by atoms with Crippen molar-refractivity contribution in [1.82, 2.24) is 4.98 Å². The molecule has 1 amide bonds. The van der Waals surface area contributed by atoms with Gasteiger partial charge in [0.1, 0.15) is 5.15 Å². The maximum Gasteiger partial charge on any atom is 0.228 e. The fraction of sp³-hybridized carbons (Fsp3) is 0.333. The SMILES string of the molecule is O=C1CC(Cl)CN1c1cnc(Cl)c(Br)c1. The number of carbonyl (C=O) groups is 1. The van der Waals surface area contributed by atoms with Crippen LogP contribution >= 0.6 is 39.1 Å². The number of hydrogen-bond donors (Lipinski definition) is 0. The lowest BCUT2D eigenvalue weighted by Crippen LogP contribution is -2.24. The van der Waals surface area contributed by atoms with Gasteiger partial charge in [-0.1, -0.05) is 11.6 Å². The maximum atomic E-state index is 11.5. The largest absolute Gasteiger partial charge is 0.309 e. The van der Waals surface area contributed by atoms with Crippen LogP contribution in [0.4, 0.5) is 5.69 Å². The van der Waals surface area contributed by atoms with Crippen molar-refractivity contribution in [3.8, 4) is 0 Å². The number of nitrogens with zero attached hydrogens (tertiary/aromatic N) is 2. The van der Waals surface area contributed by atoms with E-state index < -0.39 is 0 Å². The fourth-order valence-corrected chi connectivity index (χ4v) is 2.18. The van der Waals surface area contributed by atoms with E-state index in [0.29, 0.717) is 22.6 Å². The Kier molecular flexibility index (Phi) is 3.19. The minimum Gasteiger partial charge on any atom is -0.309 e. The molecule has 80 valence electrons. The van der Waals surface area contributed by atoms with E-state index in [2.05, 4.69) is 20.9 Å². The van der Waals surface area contributed by atoms with Crippen LogP contribution in [0.25, 0.3) is 0 Å². The lowest BCUT2D eigenvalue weighted by atomic mass is 10.4. The molecule has 1 saturated heterocycles. The molecule has 1 aliphatic heterocycles. The highest BCUT2D eigenvalue weighted by Crippen LogP contribution is 2.28. The summed E-state index contributed by atoms with van der Waals surface area (Å²) < 4.78 is 0.674. The second kappa shape index (κ2) is 4.28. The van der Waals surface area contributed by atoms with Gasteiger partial charge in [0.15, 0.2) is 0 Å². The summed E-state index contributed by atoms with van der Waals surface area (Å²) in [6, 6.07) is 1.77. The number of hydrogen-bond acceptors (Lipinski definition) is 2. The zero-order valence-electron chi connectivity index (χ0n) is 7.58. The van der Waals surface area contributed by atoms with Crippen LogP contribution in [0.15, 0.2) is 16.7 Å². The molecule has 1 atom stereocenters. The molecule has 1 aromatic heterocycles. The summed E-state index contributed by atoms with van der Waals surface area (Å²) in [5.41, 5.74) is 0.722. The molecular weight excluding hydrogens is 303 g/mol. The van der Waals surface area contributed by atoms with Crippen molar-refractivity contribution in [2.75, 3.05) is 11.4 Å². The highest BCUT2D eigenvalue weighted by Gasteiger charge is 2.29. The highest BCUT2D eigenvalue weighted by atomic mass is 79.9. The van der Waals surface area contributed by atoms with Gasteiger partial charge >= 0.3 is 0 Å². The number of anilines is 1. The van der Waals surface area contributed by atoms with E-state index in [4.69, 9.17) is 23.2 Å². The monoisotopic (exact) mass is 308 g/mol. The number of halogens is 3. The number of rotatable bonds is 1. The highest BCUT2D eigenvalue weighted by molar-refractivity contribution is 9.10. The first kappa shape index (κ1) is 11.2. The van der Waals surface area contributed by atoms with Gasteiger partial charge in [0.25, 0.3) is 0 Å². The van der Waals surface area contributed by atoms with Gasteiger partial charge in [0.05, 0.1) is 21.7 Å². The number of pyridine rings is 1. The molecule has 15 heavy (non-hydrogen) atoms. The van der Waals surface area contributed by atoms with Gasteiger partial charge in [-0.3, -0.25) is 4.79 Å². The third kappa shape index (κ3) is 2.27. The first-order valence-corrected chi connectivity index (χ1v) is 5.94. The van der Waals surface area contributed by atoms with Crippen LogP contribution in [0.1, 0.15) is 6.42 Å². The summed E-state index contributed by atoms with van der Waals surface area (Å²) in [6.45, 7) is 0.524. The van der Waals surface area contributed by atoms with E-state index >= 15 is 0 Å². The number of aromatic nitrogens is 1. The van der Waals surface area contributed by atoms with Crippen molar-refractivity contribution in [3.05, 3.63) is 21.9 Å². The molecule has 0 bridgehead atoms. The van der Waals surface area contributed by atoms with Gasteiger partial charge < -0.3 is 4.90 Å². The van der Waals surface area contributed by atoms with Crippen molar-refractivity contribution in [2.45, 2.75) is 11.8 Å². The standard InChI is InChI=1S/C9H7BrCl2N2O/c10-7-2-6(3-13-9(7)12)14-4-5(11)1-8(14)15/h2-3,5H,1,4H2. The van der Waals surface area contributed by atoms with E-state index in [1.165, 1.54) is 0 Å². The van der Waals surface area contributed by atoms with Crippen LogP contribution in [0.3, 0.4) is 0 Å². The van der Waals surface area contributed by atoms with Gasteiger partial charge in [0.2, 0.25) is 5.91 Å². The Bertz CT molecular complexity index is 413. The Morgan fingerprint density at radius 1 is 1.60 bits per heavy atom. The minimum absolute atomic E-state index is 0.0195. The summed E-state index contributed by atoms with van der Waals surface area (Å²) in [5.74, 6) is 0.0195. The van der Waals surface area contributed by atoms with Crippen LogP contribution in [-0.4, -0.2) is 22.8 Å². The zero-order chi connectivity index (χ0) is 11.0. The van der Waals surface area contributed by atoms with Gasteiger partial charge in [-0.15, -0.1) is 11.6 Å². The van der Waals surface area contributed by atoms with Crippen molar-refractivity contribution in [2.24, 2.45) is 0 Å². The third-order valence-electron chi connectivity index (χ3n) is 2.17. The van der Waals surface area contributed by atoms with Crippen LogP contribution in [0.2, 0.25) is 5.15 Å². The summed E-state index contributed by atoms with van der Waals surface area (Å²) in [7, 11) is 0. The molecule has 2 heterocycles. The Morgan fingerprint density at radius 3 is 2.87 bits per heavy atom. The van der Waals surface area contributed by atoms with E-state index in [1.807, 2.05) is 0 Å². The quantitative estimate of drug-likeness (QED) is 0.590. The predicted molar refractivity (Wildman–Crippen MR) is 63.6 cm³/mol.